The second-order valence-corrected chi connectivity index (χ2v) is 7.38. The number of ether oxygens (including phenoxy) is 2. The Labute approximate surface area is 163 Å². The minimum Gasteiger partial charge on any atom is -0.494 e. The quantitative estimate of drug-likeness (QED) is 0.369. The third-order valence-electron chi connectivity index (χ3n) is 5.21. The van der Waals surface area contributed by atoms with E-state index in [0.717, 1.165) is 31.4 Å². The molecule has 1 atom stereocenters. The number of amides is 1. The molecule has 1 fully saturated rings. The molecule has 0 saturated heterocycles. The maximum Gasteiger partial charge on any atom is 0.310 e. The molecular weight excluding hydrogens is 342 g/mol. The molecule has 2 rings (SSSR count). The highest BCUT2D eigenvalue weighted by molar-refractivity contribution is 5.78. The molecule has 1 aromatic carbocycles. The second-order valence-electron chi connectivity index (χ2n) is 7.38. The van der Waals surface area contributed by atoms with Gasteiger partial charge in [-0.15, -0.1) is 0 Å². The molecule has 1 unspecified atom stereocenters. The Bertz CT molecular complexity index is 567. The summed E-state index contributed by atoms with van der Waals surface area (Å²) in [6.07, 6.45) is 7.93. The number of hydrogen-bond donors (Lipinski definition) is 0. The van der Waals surface area contributed by atoms with Crippen LogP contribution in [0.2, 0.25) is 0 Å². The summed E-state index contributed by atoms with van der Waals surface area (Å²) in [6.45, 7) is 2.79. The Morgan fingerprint density at radius 1 is 1.11 bits per heavy atom. The summed E-state index contributed by atoms with van der Waals surface area (Å²) < 4.78 is 10.5. The van der Waals surface area contributed by atoms with Crippen LogP contribution in [-0.4, -0.2) is 43.1 Å². The van der Waals surface area contributed by atoms with E-state index in [-0.39, 0.29) is 23.8 Å². The minimum atomic E-state index is -0.303. The third kappa shape index (κ3) is 7.24. The molecule has 0 N–H and O–H groups in total. The van der Waals surface area contributed by atoms with Crippen molar-refractivity contribution in [2.24, 2.45) is 5.92 Å². The van der Waals surface area contributed by atoms with Gasteiger partial charge in [0.15, 0.2) is 0 Å². The van der Waals surface area contributed by atoms with Crippen LogP contribution in [0.1, 0.15) is 58.3 Å². The summed E-state index contributed by atoms with van der Waals surface area (Å²) in [6, 6.07) is 9.88. The van der Waals surface area contributed by atoms with Crippen molar-refractivity contribution in [1.29, 1.82) is 0 Å². The maximum absolute atomic E-state index is 12.9. The zero-order valence-electron chi connectivity index (χ0n) is 16.7. The number of nitrogens with zero attached hydrogens (tertiary/aromatic N) is 1. The smallest absolute Gasteiger partial charge is 0.310 e. The van der Waals surface area contributed by atoms with Gasteiger partial charge in [-0.3, -0.25) is 9.59 Å². The number of hydrogen-bond acceptors (Lipinski definition) is 4. The van der Waals surface area contributed by atoms with Gasteiger partial charge in [-0.2, -0.15) is 0 Å². The van der Waals surface area contributed by atoms with Crippen LogP contribution < -0.4 is 4.74 Å². The van der Waals surface area contributed by atoms with E-state index < -0.39 is 0 Å². The number of methoxy groups -OCH3 is 1. The molecule has 0 heterocycles. The molecule has 150 valence electrons. The van der Waals surface area contributed by atoms with Crippen molar-refractivity contribution < 1.29 is 19.1 Å². The summed E-state index contributed by atoms with van der Waals surface area (Å²) in [5.41, 5.74) is 0. The van der Waals surface area contributed by atoms with Gasteiger partial charge in [0.1, 0.15) is 5.75 Å². The van der Waals surface area contributed by atoms with Crippen LogP contribution in [-0.2, 0) is 14.3 Å². The summed E-state index contributed by atoms with van der Waals surface area (Å²) in [7, 11) is 1.40. The highest BCUT2D eigenvalue weighted by atomic mass is 16.5. The van der Waals surface area contributed by atoms with Crippen LogP contribution in [0, 0.1) is 5.92 Å². The monoisotopic (exact) mass is 375 g/mol. The molecule has 27 heavy (non-hydrogen) atoms. The average molecular weight is 376 g/mol. The molecule has 1 amide bonds. The molecule has 0 aromatic heterocycles. The third-order valence-corrected chi connectivity index (χ3v) is 5.21. The van der Waals surface area contributed by atoms with Gasteiger partial charge in [-0.25, -0.2) is 0 Å². The molecule has 0 aliphatic heterocycles. The van der Waals surface area contributed by atoms with E-state index in [9.17, 15) is 9.59 Å². The lowest BCUT2D eigenvalue weighted by Gasteiger charge is -2.33. The molecule has 0 spiro atoms. The minimum absolute atomic E-state index is 0.120. The van der Waals surface area contributed by atoms with E-state index in [2.05, 4.69) is 0 Å². The maximum atomic E-state index is 12.9. The van der Waals surface area contributed by atoms with Gasteiger partial charge in [0.25, 0.3) is 0 Å². The van der Waals surface area contributed by atoms with Crippen LogP contribution in [0.5, 0.6) is 5.75 Å². The van der Waals surface area contributed by atoms with Gasteiger partial charge in [-0.1, -0.05) is 50.8 Å². The summed E-state index contributed by atoms with van der Waals surface area (Å²) >= 11 is 0. The van der Waals surface area contributed by atoms with E-state index in [1.165, 1.54) is 20.0 Å². The normalized spacial score (nSPS) is 16.2. The van der Waals surface area contributed by atoms with Crippen molar-refractivity contribution in [2.45, 2.75) is 64.3 Å². The number of esters is 1. The SMILES string of the molecule is COC(=O)C(C)CN(C(=O)CCCOc1ccccc1)C1CCCCCC1. The first-order chi connectivity index (χ1) is 13.1. The number of carbonyl (C=O) groups excluding carboxylic acids is 2. The van der Waals surface area contributed by atoms with E-state index in [1.807, 2.05) is 42.2 Å². The van der Waals surface area contributed by atoms with Crippen LogP contribution in [0.3, 0.4) is 0 Å². The van der Waals surface area contributed by atoms with Crippen LogP contribution >= 0.6 is 0 Å². The number of carbonyl (C=O) groups is 2. The van der Waals surface area contributed by atoms with Crippen molar-refractivity contribution in [1.82, 2.24) is 4.90 Å². The molecule has 1 aliphatic carbocycles. The van der Waals surface area contributed by atoms with E-state index in [0.29, 0.717) is 26.0 Å². The Morgan fingerprint density at radius 3 is 2.41 bits per heavy atom. The van der Waals surface area contributed by atoms with Crippen LogP contribution in [0.4, 0.5) is 0 Å². The number of benzene rings is 1. The predicted molar refractivity (Wildman–Crippen MR) is 106 cm³/mol. The predicted octanol–water partition coefficient (Wildman–Crippen LogP) is 4.21. The fraction of sp³-hybridized carbons (Fsp3) is 0.636. The van der Waals surface area contributed by atoms with Gasteiger partial charge >= 0.3 is 5.97 Å². The molecule has 0 radical (unpaired) electrons. The fourth-order valence-electron chi connectivity index (χ4n) is 3.67. The zero-order valence-corrected chi connectivity index (χ0v) is 16.7. The Kier molecular flexibility index (Phi) is 9.16. The van der Waals surface area contributed by atoms with Crippen molar-refractivity contribution in [3.8, 4) is 5.75 Å². The molecule has 1 aliphatic rings. The van der Waals surface area contributed by atoms with Crippen molar-refractivity contribution >= 4 is 11.9 Å². The lowest BCUT2D eigenvalue weighted by atomic mass is 10.0. The molecule has 5 nitrogen and oxygen atoms in total. The lowest BCUT2D eigenvalue weighted by Crippen LogP contribution is -2.44. The molecular formula is C22H33NO4. The van der Waals surface area contributed by atoms with E-state index in [1.54, 1.807) is 0 Å². The standard InChI is InChI=1S/C22H33NO4/c1-18(22(25)26-2)17-23(19-11-6-3-4-7-12-19)21(24)15-10-16-27-20-13-8-5-9-14-20/h5,8-9,13-14,18-19H,3-4,6-7,10-12,15-17H2,1-2H3. The summed E-state index contributed by atoms with van der Waals surface area (Å²) in [5.74, 6) is 0.385. The number of rotatable bonds is 9. The number of para-hydroxylation sites is 1. The Balaban J connectivity index is 1.89. The van der Waals surface area contributed by atoms with E-state index in [4.69, 9.17) is 9.47 Å². The van der Waals surface area contributed by atoms with Gasteiger partial charge < -0.3 is 14.4 Å². The summed E-state index contributed by atoms with van der Waals surface area (Å²) in [4.78, 5) is 26.7. The van der Waals surface area contributed by atoms with Crippen LogP contribution in [0.15, 0.2) is 30.3 Å². The first kappa shape index (κ1) is 21.3. The van der Waals surface area contributed by atoms with Gasteiger partial charge in [-0.05, 0) is 31.4 Å². The Hall–Kier alpha value is -2.04. The van der Waals surface area contributed by atoms with Gasteiger partial charge in [0, 0.05) is 19.0 Å². The Morgan fingerprint density at radius 2 is 1.78 bits per heavy atom. The zero-order chi connectivity index (χ0) is 19.5. The highest BCUT2D eigenvalue weighted by Crippen LogP contribution is 2.24. The highest BCUT2D eigenvalue weighted by Gasteiger charge is 2.28. The molecule has 1 saturated carbocycles. The summed E-state index contributed by atoms with van der Waals surface area (Å²) in [5, 5.41) is 0. The van der Waals surface area contributed by atoms with Crippen molar-refractivity contribution in [2.75, 3.05) is 20.3 Å². The molecule has 0 bridgehead atoms. The first-order valence-electron chi connectivity index (χ1n) is 10.2. The van der Waals surface area contributed by atoms with Crippen molar-refractivity contribution in [3.63, 3.8) is 0 Å². The first-order valence-corrected chi connectivity index (χ1v) is 10.2. The fourth-order valence-corrected chi connectivity index (χ4v) is 3.67. The molecule has 1 aromatic rings. The van der Waals surface area contributed by atoms with Crippen molar-refractivity contribution in [3.05, 3.63) is 30.3 Å². The van der Waals surface area contributed by atoms with Crippen LogP contribution in [0.25, 0.3) is 0 Å². The van der Waals surface area contributed by atoms with Gasteiger partial charge in [0.05, 0.1) is 19.6 Å². The van der Waals surface area contributed by atoms with Gasteiger partial charge in [0.2, 0.25) is 5.91 Å². The molecule has 5 heteroatoms. The average Bonchev–Trinajstić information content (AvgIpc) is 2.98. The topological polar surface area (TPSA) is 55.8 Å². The van der Waals surface area contributed by atoms with E-state index >= 15 is 0 Å². The second kappa shape index (κ2) is 11.6. The largest absolute Gasteiger partial charge is 0.494 e. The lowest BCUT2D eigenvalue weighted by molar-refractivity contribution is -0.147.